The van der Waals surface area contributed by atoms with Gasteiger partial charge in [-0.3, -0.25) is 4.79 Å². The predicted molar refractivity (Wildman–Crippen MR) is 78.9 cm³/mol. The van der Waals surface area contributed by atoms with Gasteiger partial charge in [0.1, 0.15) is 5.75 Å². The summed E-state index contributed by atoms with van der Waals surface area (Å²) in [4.78, 5) is 11.8. The van der Waals surface area contributed by atoms with E-state index >= 15 is 0 Å². The Morgan fingerprint density at radius 1 is 1.53 bits per heavy atom. The van der Waals surface area contributed by atoms with E-state index in [1.807, 2.05) is 13.0 Å². The Kier molecular flexibility index (Phi) is 6.12. The van der Waals surface area contributed by atoms with Gasteiger partial charge < -0.3 is 15.7 Å². The van der Waals surface area contributed by atoms with Crippen molar-refractivity contribution in [2.75, 3.05) is 18.4 Å². The Morgan fingerprint density at radius 3 is 3.00 bits per heavy atom. The minimum Gasteiger partial charge on any atom is -0.506 e. The zero-order valence-electron chi connectivity index (χ0n) is 11.1. The van der Waals surface area contributed by atoms with Gasteiger partial charge in [-0.1, -0.05) is 6.07 Å². The minimum atomic E-state index is -0.0252. The first-order valence-electron chi connectivity index (χ1n) is 6.45. The highest BCUT2D eigenvalue weighted by atomic mass is 35.5. The van der Waals surface area contributed by atoms with E-state index < -0.39 is 0 Å². The van der Waals surface area contributed by atoms with Crippen LogP contribution in [0, 0.1) is 12.8 Å². The van der Waals surface area contributed by atoms with Crippen molar-refractivity contribution in [3.8, 4) is 5.75 Å². The van der Waals surface area contributed by atoms with Crippen molar-refractivity contribution >= 4 is 24.0 Å². The molecule has 0 saturated carbocycles. The summed E-state index contributed by atoms with van der Waals surface area (Å²) in [5, 5.41) is 15.7. The van der Waals surface area contributed by atoms with Crippen LogP contribution in [0.4, 0.5) is 5.69 Å². The molecule has 1 aromatic carbocycles. The molecule has 19 heavy (non-hydrogen) atoms. The Balaban J connectivity index is 0.00000180. The normalized spacial score (nSPS) is 17.8. The molecule has 1 saturated heterocycles. The number of phenols is 1. The lowest BCUT2D eigenvalue weighted by molar-refractivity contribution is -0.116. The number of rotatable bonds is 4. The largest absolute Gasteiger partial charge is 0.506 e. The van der Waals surface area contributed by atoms with Crippen LogP contribution >= 0.6 is 12.4 Å². The van der Waals surface area contributed by atoms with Gasteiger partial charge in [0.15, 0.2) is 0 Å². The Bertz CT molecular complexity index is 431. The zero-order valence-corrected chi connectivity index (χ0v) is 11.9. The number of hydrogen-bond donors (Lipinski definition) is 3. The molecule has 1 heterocycles. The summed E-state index contributed by atoms with van der Waals surface area (Å²) >= 11 is 0. The average molecular weight is 285 g/mol. The van der Waals surface area contributed by atoms with Crippen LogP contribution < -0.4 is 10.6 Å². The third-order valence-corrected chi connectivity index (χ3v) is 3.37. The van der Waals surface area contributed by atoms with Crippen molar-refractivity contribution in [2.45, 2.75) is 26.2 Å². The highest BCUT2D eigenvalue weighted by molar-refractivity contribution is 5.92. The fraction of sp³-hybridized carbons (Fsp3) is 0.500. The minimum absolute atomic E-state index is 0. The molecule has 1 aromatic rings. The van der Waals surface area contributed by atoms with Crippen molar-refractivity contribution in [1.82, 2.24) is 5.32 Å². The number of anilines is 1. The van der Waals surface area contributed by atoms with Gasteiger partial charge >= 0.3 is 0 Å². The first-order chi connectivity index (χ1) is 8.65. The van der Waals surface area contributed by atoms with Gasteiger partial charge in [-0.05, 0) is 56.5 Å². The number of aryl methyl sites for hydroxylation is 1. The van der Waals surface area contributed by atoms with E-state index in [2.05, 4.69) is 10.6 Å². The molecule has 3 N–H and O–H groups in total. The van der Waals surface area contributed by atoms with E-state index in [1.54, 1.807) is 12.1 Å². The second-order valence-electron chi connectivity index (χ2n) is 4.97. The van der Waals surface area contributed by atoms with Crippen LogP contribution in [0.25, 0.3) is 0 Å². The molecule has 0 radical (unpaired) electrons. The van der Waals surface area contributed by atoms with Crippen LogP contribution in [0.3, 0.4) is 0 Å². The summed E-state index contributed by atoms with van der Waals surface area (Å²) < 4.78 is 0. The summed E-state index contributed by atoms with van der Waals surface area (Å²) in [6.07, 6.45) is 2.58. The van der Waals surface area contributed by atoms with Crippen molar-refractivity contribution < 1.29 is 9.90 Å². The molecule has 1 unspecified atom stereocenters. The van der Waals surface area contributed by atoms with Crippen LogP contribution in [0.15, 0.2) is 18.2 Å². The molecule has 106 valence electrons. The predicted octanol–water partition coefficient (Wildman–Crippen LogP) is 2.45. The number of aromatic hydroxyl groups is 1. The van der Waals surface area contributed by atoms with Gasteiger partial charge in [-0.2, -0.15) is 0 Å². The quantitative estimate of drug-likeness (QED) is 0.744. The number of halogens is 1. The zero-order chi connectivity index (χ0) is 13.0. The number of phenolic OH excluding ortho intramolecular Hbond substituents is 1. The SMILES string of the molecule is Cc1ccc(O)c(NC(=O)CCC2CCNC2)c1.Cl. The van der Waals surface area contributed by atoms with Crippen LogP contribution in [0.5, 0.6) is 5.75 Å². The van der Waals surface area contributed by atoms with Crippen molar-refractivity contribution in [2.24, 2.45) is 5.92 Å². The van der Waals surface area contributed by atoms with Crippen molar-refractivity contribution in [3.05, 3.63) is 23.8 Å². The molecule has 0 aliphatic carbocycles. The summed E-state index contributed by atoms with van der Waals surface area (Å²) in [6, 6.07) is 5.20. The lowest BCUT2D eigenvalue weighted by Crippen LogP contribution is -2.15. The Labute approximate surface area is 120 Å². The number of nitrogens with one attached hydrogen (secondary N) is 2. The highest BCUT2D eigenvalue weighted by Gasteiger charge is 2.16. The van der Waals surface area contributed by atoms with Crippen LogP contribution in [0.2, 0.25) is 0 Å². The summed E-state index contributed by atoms with van der Waals surface area (Å²) in [6.45, 7) is 4.01. The molecule has 2 rings (SSSR count). The maximum atomic E-state index is 11.8. The first-order valence-corrected chi connectivity index (χ1v) is 6.45. The Morgan fingerprint density at radius 2 is 2.32 bits per heavy atom. The average Bonchev–Trinajstić information content (AvgIpc) is 2.84. The van der Waals surface area contributed by atoms with Crippen molar-refractivity contribution in [3.63, 3.8) is 0 Å². The van der Waals surface area contributed by atoms with Gasteiger partial charge in [-0.25, -0.2) is 0 Å². The highest BCUT2D eigenvalue weighted by Crippen LogP contribution is 2.24. The van der Waals surface area contributed by atoms with Gasteiger partial charge in [-0.15, -0.1) is 12.4 Å². The molecule has 0 bridgehead atoms. The van der Waals surface area contributed by atoms with Crippen LogP contribution in [0.1, 0.15) is 24.8 Å². The summed E-state index contributed by atoms with van der Waals surface area (Å²) in [5.74, 6) is 0.709. The molecular weight excluding hydrogens is 264 g/mol. The van der Waals surface area contributed by atoms with Gasteiger partial charge in [0, 0.05) is 6.42 Å². The molecule has 5 heteroatoms. The smallest absolute Gasteiger partial charge is 0.224 e. The Hall–Kier alpha value is -1.26. The van der Waals surface area contributed by atoms with Gasteiger partial charge in [0.05, 0.1) is 5.69 Å². The molecule has 1 amide bonds. The number of hydrogen-bond acceptors (Lipinski definition) is 3. The third-order valence-electron chi connectivity index (χ3n) is 3.37. The molecular formula is C14H21ClN2O2. The molecule has 4 nitrogen and oxygen atoms in total. The number of benzene rings is 1. The molecule has 1 fully saturated rings. The van der Waals surface area contributed by atoms with E-state index in [0.717, 1.165) is 31.5 Å². The van der Waals surface area contributed by atoms with Crippen molar-refractivity contribution in [1.29, 1.82) is 0 Å². The topological polar surface area (TPSA) is 61.4 Å². The molecule has 0 aromatic heterocycles. The molecule has 0 spiro atoms. The number of amides is 1. The first kappa shape index (κ1) is 15.8. The van der Waals surface area contributed by atoms with E-state index in [4.69, 9.17) is 0 Å². The lowest BCUT2D eigenvalue weighted by Gasteiger charge is -2.10. The fourth-order valence-electron chi connectivity index (χ4n) is 2.26. The molecule has 1 aliphatic rings. The lowest BCUT2D eigenvalue weighted by atomic mass is 10.0. The van der Waals surface area contributed by atoms with Crippen LogP contribution in [-0.4, -0.2) is 24.1 Å². The van der Waals surface area contributed by atoms with E-state index in [9.17, 15) is 9.90 Å². The standard InChI is InChI=1S/C14H20N2O2.ClH/c1-10-2-4-13(17)12(8-10)16-14(18)5-3-11-6-7-15-9-11;/h2,4,8,11,15,17H,3,5-7,9H2,1H3,(H,16,18);1H. The van der Waals surface area contributed by atoms with E-state index in [0.29, 0.717) is 18.0 Å². The number of carbonyl (C=O) groups excluding carboxylic acids is 1. The monoisotopic (exact) mass is 284 g/mol. The second kappa shape index (κ2) is 7.36. The van der Waals surface area contributed by atoms with E-state index in [1.165, 1.54) is 0 Å². The van der Waals surface area contributed by atoms with Gasteiger partial charge in [0.2, 0.25) is 5.91 Å². The summed E-state index contributed by atoms with van der Waals surface area (Å²) in [7, 11) is 0. The fourth-order valence-corrected chi connectivity index (χ4v) is 2.26. The van der Waals surface area contributed by atoms with Crippen LogP contribution in [-0.2, 0) is 4.79 Å². The number of carbonyl (C=O) groups is 1. The molecule has 1 aliphatic heterocycles. The third kappa shape index (κ3) is 4.73. The maximum absolute atomic E-state index is 11.8. The maximum Gasteiger partial charge on any atom is 0.224 e. The molecule has 1 atom stereocenters. The summed E-state index contributed by atoms with van der Waals surface area (Å²) in [5.41, 5.74) is 1.52. The van der Waals surface area contributed by atoms with E-state index in [-0.39, 0.29) is 24.1 Å². The van der Waals surface area contributed by atoms with Gasteiger partial charge in [0.25, 0.3) is 0 Å². The second-order valence-corrected chi connectivity index (χ2v) is 4.97.